The molecule has 0 bridgehead atoms. The predicted molar refractivity (Wildman–Crippen MR) is 60.5 cm³/mol. The Kier molecular flexibility index (Phi) is 5.40. The van der Waals surface area contributed by atoms with Gasteiger partial charge < -0.3 is 10.8 Å². The third kappa shape index (κ3) is 4.47. The van der Waals surface area contributed by atoms with Crippen LogP contribution >= 0.6 is 0 Å². The van der Waals surface area contributed by atoms with Crippen molar-refractivity contribution >= 4 is 5.97 Å². The van der Waals surface area contributed by atoms with Gasteiger partial charge in [-0.05, 0) is 24.8 Å². The number of aliphatic carboxylic acids is 1. The first-order chi connectivity index (χ1) is 7.24. The van der Waals surface area contributed by atoms with E-state index in [0.29, 0.717) is 18.4 Å². The van der Waals surface area contributed by atoms with Crippen LogP contribution < -0.4 is 5.73 Å². The van der Waals surface area contributed by atoms with Crippen molar-refractivity contribution in [2.75, 3.05) is 6.54 Å². The molecule has 3 N–H and O–H groups in total. The van der Waals surface area contributed by atoms with Crippen LogP contribution in [0.5, 0.6) is 0 Å². The second-order valence-corrected chi connectivity index (χ2v) is 4.37. The van der Waals surface area contributed by atoms with Crippen LogP contribution in [0.25, 0.3) is 0 Å². The van der Waals surface area contributed by atoms with Crippen molar-refractivity contribution in [1.29, 1.82) is 0 Å². The molecule has 0 amide bonds. The van der Waals surface area contributed by atoms with E-state index >= 15 is 0 Å². The van der Waals surface area contributed by atoms with E-state index in [1.54, 1.807) is 6.08 Å². The zero-order valence-electron chi connectivity index (χ0n) is 9.19. The van der Waals surface area contributed by atoms with Crippen LogP contribution in [-0.2, 0) is 4.79 Å². The van der Waals surface area contributed by atoms with Gasteiger partial charge in [-0.3, -0.25) is 0 Å². The number of carboxylic acid groups (broad SMARTS) is 1. The number of hydrogen-bond donors (Lipinski definition) is 2. The molecule has 0 saturated heterocycles. The fourth-order valence-corrected chi connectivity index (χ4v) is 2.43. The first-order valence-electron chi connectivity index (χ1n) is 5.83. The fraction of sp³-hybridized carbons (Fsp3) is 0.750. The molecule has 0 spiro atoms. The van der Waals surface area contributed by atoms with E-state index in [0.717, 1.165) is 6.42 Å². The maximum atomic E-state index is 10.3. The third-order valence-corrected chi connectivity index (χ3v) is 3.32. The van der Waals surface area contributed by atoms with Gasteiger partial charge in [-0.2, -0.15) is 0 Å². The summed E-state index contributed by atoms with van der Waals surface area (Å²) in [5.74, 6) is 0.317. The molecule has 0 aromatic rings. The highest BCUT2D eigenvalue weighted by atomic mass is 16.4. The van der Waals surface area contributed by atoms with E-state index in [-0.39, 0.29) is 0 Å². The van der Waals surface area contributed by atoms with Gasteiger partial charge in [-0.15, -0.1) is 0 Å². The molecule has 0 radical (unpaired) electrons. The average Bonchev–Trinajstić information content (AvgIpc) is 2.25. The lowest BCUT2D eigenvalue weighted by atomic mass is 9.78. The van der Waals surface area contributed by atoms with E-state index in [2.05, 4.69) is 0 Å². The molecule has 86 valence electrons. The van der Waals surface area contributed by atoms with Crippen molar-refractivity contribution in [2.24, 2.45) is 17.6 Å². The van der Waals surface area contributed by atoms with Crippen molar-refractivity contribution < 1.29 is 9.90 Å². The van der Waals surface area contributed by atoms with Gasteiger partial charge in [0.2, 0.25) is 0 Å². The van der Waals surface area contributed by atoms with E-state index < -0.39 is 5.97 Å². The molecular weight excluding hydrogens is 190 g/mol. The highest BCUT2D eigenvalue weighted by Gasteiger charge is 2.21. The monoisotopic (exact) mass is 211 g/mol. The Morgan fingerprint density at radius 3 is 2.60 bits per heavy atom. The minimum absolute atomic E-state index is 0.473. The topological polar surface area (TPSA) is 63.3 Å². The molecule has 1 rings (SSSR count). The molecule has 1 saturated carbocycles. The lowest BCUT2D eigenvalue weighted by Crippen LogP contribution is -2.24. The summed E-state index contributed by atoms with van der Waals surface area (Å²) >= 11 is 0. The second kappa shape index (κ2) is 6.62. The second-order valence-electron chi connectivity index (χ2n) is 4.37. The Morgan fingerprint density at radius 2 is 2.07 bits per heavy atom. The third-order valence-electron chi connectivity index (χ3n) is 3.32. The van der Waals surface area contributed by atoms with Crippen molar-refractivity contribution in [3.05, 3.63) is 12.2 Å². The van der Waals surface area contributed by atoms with Crippen LogP contribution in [0.4, 0.5) is 0 Å². The lowest BCUT2D eigenvalue weighted by molar-refractivity contribution is -0.131. The summed E-state index contributed by atoms with van der Waals surface area (Å²) < 4.78 is 0. The molecule has 0 aromatic carbocycles. The molecular formula is C12H21NO2. The minimum Gasteiger partial charge on any atom is -0.478 e. The van der Waals surface area contributed by atoms with Gasteiger partial charge >= 0.3 is 5.97 Å². The van der Waals surface area contributed by atoms with E-state index in [4.69, 9.17) is 10.8 Å². The molecule has 1 unspecified atom stereocenters. The maximum absolute atomic E-state index is 10.3. The standard InChI is InChI=1S/C12H21NO2/c13-9-11(7-4-8-12(14)15)10-5-2-1-3-6-10/h4,8,10-11H,1-3,5-7,9,13H2,(H,14,15). The summed E-state index contributed by atoms with van der Waals surface area (Å²) in [6, 6.07) is 0. The van der Waals surface area contributed by atoms with Gasteiger partial charge in [-0.25, -0.2) is 4.79 Å². The van der Waals surface area contributed by atoms with Crippen LogP contribution in [-0.4, -0.2) is 17.6 Å². The van der Waals surface area contributed by atoms with Crippen LogP contribution in [0, 0.1) is 11.8 Å². The predicted octanol–water partition coefficient (Wildman–Crippen LogP) is 2.17. The first kappa shape index (κ1) is 12.2. The number of carboxylic acids is 1. The molecule has 0 aliphatic heterocycles. The molecule has 3 nitrogen and oxygen atoms in total. The summed E-state index contributed by atoms with van der Waals surface area (Å²) in [4.78, 5) is 10.3. The highest BCUT2D eigenvalue weighted by molar-refractivity contribution is 5.79. The zero-order chi connectivity index (χ0) is 11.1. The Bertz CT molecular complexity index is 220. The maximum Gasteiger partial charge on any atom is 0.327 e. The molecule has 0 heterocycles. The SMILES string of the molecule is NCC(CC=CC(=O)O)C1CCCCC1. The summed E-state index contributed by atoms with van der Waals surface area (Å²) in [6.45, 7) is 0.675. The molecule has 0 aromatic heterocycles. The number of nitrogens with two attached hydrogens (primary N) is 1. The summed E-state index contributed by atoms with van der Waals surface area (Å²) in [5.41, 5.74) is 5.74. The zero-order valence-corrected chi connectivity index (χ0v) is 9.19. The Hall–Kier alpha value is -0.830. The van der Waals surface area contributed by atoms with Gasteiger partial charge in [-0.1, -0.05) is 38.2 Å². The van der Waals surface area contributed by atoms with Crippen LogP contribution in [0.15, 0.2) is 12.2 Å². The normalized spacial score (nSPS) is 20.6. The van der Waals surface area contributed by atoms with E-state index in [1.807, 2.05) is 0 Å². The fourth-order valence-electron chi connectivity index (χ4n) is 2.43. The number of carbonyl (C=O) groups is 1. The van der Waals surface area contributed by atoms with Crippen molar-refractivity contribution in [3.63, 3.8) is 0 Å². The summed E-state index contributed by atoms with van der Waals surface area (Å²) in [6.07, 6.45) is 10.3. The van der Waals surface area contributed by atoms with Crippen LogP contribution in [0.1, 0.15) is 38.5 Å². The highest BCUT2D eigenvalue weighted by Crippen LogP contribution is 2.31. The molecule has 3 heteroatoms. The summed E-state index contributed by atoms with van der Waals surface area (Å²) in [5, 5.41) is 8.49. The van der Waals surface area contributed by atoms with Crippen molar-refractivity contribution in [3.8, 4) is 0 Å². The minimum atomic E-state index is -0.866. The molecule has 1 aliphatic rings. The lowest BCUT2D eigenvalue weighted by Gasteiger charge is -2.28. The molecule has 1 fully saturated rings. The average molecular weight is 211 g/mol. The quantitative estimate of drug-likeness (QED) is 0.685. The smallest absolute Gasteiger partial charge is 0.327 e. The molecule has 15 heavy (non-hydrogen) atoms. The number of allylic oxidation sites excluding steroid dienone is 1. The van der Waals surface area contributed by atoms with Gasteiger partial charge in [0.25, 0.3) is 0 Å². The number of rotatable bonds is 5. The van der Waals surface area contributed by atoms with Crippen LogP contribution in [0.3, 0.4) is 0 Å². The van der Waals surface area contributed by atoms with Gasteiger partial charge in [0, 0.05) is 6.08 Å². The van der Waals surface area contributed by atoms with E-state index in [1.165, 1.54) is 38.2 Å². The summed E-state index contributed by atoms with van der Waals surface area (Å²) in [7, 11) is 0. The Labute approximate surface area is 91.4 Å². The Balaban J connectivity index is 2.36. The van der Waals surface area contributed by atoms with Gasteiger partial charge in [0.1, 0.15) is 0 Å². The largest absolute Gasteiger partial charge is 0.478 e. The van der Waals surface area contributed by atoms with Crippen LogP contribution in [0.2, 0.25) is 0 Å². The van der Waals surface area contributed by atoms with E-state index in [9.17, 15) is 4.79 Å². The van der Waals surface area contributed by atoms with Crippen molar-refractivity contribution in [1.82, 2.24) is 0 Å². The molecule has 1 aliphatic carbocycles. The Morgan fingerprint density at radius 1 is 1.40 bits per heavy atom. The van der Waals surface area contributed by atoms with Gasteiger partial charge in [0.15, 0.2) is 0 Å². The van der Waals surface area contributed by atoms with Gasteiger partial charge in [0.05, 0.1) is 0 Å². The number of hydrogen-bond acceptors (Lipinski definition) is 2. The molecule has 1 atom stereocenters. The van der Waals surface area contributed by atoms with Crippen molar-refractivity contribution in [2.45, 2.75) is 38.5 Å². The first-order valence-corrected chi connectivity index (χ1v) is 5.83.